The fraction of sp³-hybridized carbons (Fsp3) is 0.684. The van der Waals surface area contributed by atoms with Crippen molar-refractivity contribution in [3.63, 3.8) is 0 Å². The lowest BCUT2D eigenvalue weighted by Gasteiger charge is -2.37. The fourth-order valence-electron chi connectivity index (χ4n) is 3.52. The third-order valence-corrected chi connectivity index (χ3v) is 4.55. The molecule has 21 heavy (non-hydrogen) atoms. The van der Waals surface area contributed by atoms with E-state index in [2.05, 4.69) is 58.3 Å². The highest BCUT2D eigenvalue weighted by atomic mass is 16.5. The first kappa shape index (κ1) is 16.5. The lowest BCUT2D eigenvalue weighted by molar-refractivity contribution is -0.0340. The Bertz CT molecular complexity index is 461. The molecule has 1 aliphatic carbocycles. The number of nitrogens with one attached hydrogen (secondary N) is 1. The van der Waals surface area contributed by atoms with Crippen molar-refractivity contribution in [2.45, 2.75) is 65.5 Å². The normalized spacial score (nSPS) is 17.6. The van der Waals surface area contributed by atoms with E-state index in [0.29, 0.717) is 6.04 Å². The second-order valence-electron chi connectivity index (χ2n) is 7.30. The van der Waals surface area contributed by atoms with Crippen molar-refractivity contribution < 1.29 is 4.74 Å². The molecule has 0 fully saturated rings. The van der Waals surface area contributed by atoms with E-state index in [4.69, 9.17) is 4.74 Å². The number of fused-ring (bicyclic) bond motifs is 1. The van der Waals surface area contributed by atoms with Gasteiger partial charge in [-0.3, -0.25) is 0 Å². The van der Waals surface area contributed by atoms with E-state index < -0.39 is 0 Å². The molecule has 0 heterocycles. The van der Waals surface area contributed by atoms with Gasteiger partial charge in [-0.1, -0.05) is 39.0 Å². The molecule has 2 unspecified atom stereocenters. The summed E-state index contributed by atoms with van der Waals surface area (Å²) in [6, 6.07) is 7.40. The van der Waals surface area contributed by atoms with Crippen LogP contribution in [0.5, 0.6) is 0 Å². The van der Waals surface area contributed by atoms with Crippen LogP contribution in [0.15, 0.2) is 18.2 Å². The molecule has 0 saturated carbocycles. The van der Waals surface area contributed by atoms with Crippen molar-refractivity contribution >= 4 is 0 Å². The zero-order valence-corrected chi connectivity index (χ0v) is 14.3. The van der Waals surface area contributed by atoms with Gasteiger partial charge in [-0.2, -0.15) is 0 Å². The summed E-state index contributed by atoms with van der Waals surface area (Å²) in [7, 11) is 2.05. The van der Waals surface area contributed by atoms with Crippen LogP contribution < -0.4 is 5.32 Å². The largest absolute Gasteiger partial charge is 0.376 e. The van der Waals surface area contributed by atoms with Gasteiger partial charge >= 0.3 is 0 Å². The summed E-state index contributed by atoms with van der Waals surface area (Å²) < 4.78 is 6.06. The lowest BCUT2D eigenvalue weighted by atomic mass is 9.82. The molecule has 1 aromatic carbocycles. The van der Waals surface area contributed by atoms with Crippen LogP contribution in [0.1, 0.15) is 50.8 Å². The summed E-state index contributed by atoms with van der Waals surface area (Å²) in [6.07, 6.45) is 5.08. The lowest BCUT2D eigenvalue weighted by Crippen LogP contribution is -2.48. The van der Waals surface area contributed by atoms with Gasteiger partial charge in [0.2, 0.25) is 0 Å². The predicted molar refractivity (Wildman–Crippen MR) is 89.9 cm³/mol. The van der Waals surface area contributed by atoms with Gasteiger partial charge in [0.25, 0.3) is 0 Å². The Hall–Kier alpha value is -0.860. The Labute approximate surface area is 130 Å². The van der Waals surface area contributed by atoms with E-state index in [1.54, 1.807) is 11.1 Å². The maximum Gasteiger partial charge on any atom is 0.0779 e. The summed E-state index contributed by atoms with van der Waals surface area (Å²) in [4.78, 5) is 0. The monoisotopic (exact) mass is 289 g/mol. The number of hydrogen-bond donors (Lipinski definition) is 1. The molecule has 0 saturated heterocycles. The number of ether oxygens (including phenoxy) is 1. The van der Waals surface area contributed by atoms with E-state index in [-0.39, 0.29) is 11.5 Å². The smallest absolute Gasteiger partial charge is 0.0779 e. The number of aryl methyl sites for hydroxylation is 2. The maximum absolute atomic E-state index is 6.06. The molecule has 1 N–H and O–H groups in total. The highest BCUT2D eigenvalue weighted by Crippen LogP contribution is 2.28. The minimum Gasteiger partial charge on any atom is -0.376 e. The first-order valence-corrected chi connectivity index (χ1v) is 8.35. The molecule has 0 aromatic heterocycles. The minimum atomic E-state index is 0.139. The Morgan fingerprint density at radius 3 is 2.52 bits per heavy atom. The van der Waals surface area contributed by atoms with Gasteiger partial charge in [0.05, 0.1) is 6.10 Å². The highest BCUT2D eigenvalue weighted by molar-refractivity contribution is 5.35. The molecule has 0 aliphatic heterocycles. The summed E-state index contributed by atoms with van der Waals surface area (Å²) in [5, 5.41) is 3.48. The molecule has 1 aliphatic rings. The zero-order valence-electron chi connectivity index (χ0n) is 14.3. The zero-order chi connectivity index (χ0) is 15.5. The summed E-state index contributed by atoms with van der Waals surface area (Å²) in [6.45, 7) is 9.65. The molecular weight excluding hydrogens is 258 g/mol. The molecule has 2 nitrogen and oxygen atoms in total. The van der Waals surface area contributed by atoms with Crippen molar-refractivity contribution in [3.8, 4) is 0 Å². The molecule has 2 heteroatoms. The Kier molecular flexibility index (Phi) is 5.45. The molecule has 0 spiro atoms. The molecule has 0 amide bonds. The van der Waals surface area contributed by atoms with E-state index >= 15 is 0 Å². The number of benzene rings is 1. The first-order chi connectivity index (χ1) is 9.95. The summed E-state index contributed by atoms with van der Waals surface area (Å²) in [5.74, 6) is 0. The quantitative estimate of drug-likeness (QED) is 0.861. The Balaban J connectivity index is 2.14. The molecule has 118 valence electrons. The van der Waals surface area contributed by atoms with Gasteiger partial charge in [0, 0.05) is 12.6 Å². The minimum absolute atomic E-state index is 0.139. The number of rotatable bonds is 6. The summed E-state index contributed by atoms with van der Waals surface area (Å²) in [5.41, 5.74) is 4.69. The van der Waals surface area contributed by atoms with Gasteiger partial charge in [0.15, 0.2) is 0 Å². The van der Waals surface area contributed by atoms with E-state index in [1.807, 2.05) is 0 Å². The van der Waals surface area contributed by atoms with Crippen LogP contribution in [0.2, 0.25) is 0 Å². The van der Waals surface area contributed by atoms with Crippen LogP contribution in [0.3, 0.4) is 0 Å². The standard InChI is InChI=1S/C19H31NO/c1-6-21-18(19(2,3)4)17(20-5)13-14-10-11-15-8-7-9-16(15)12-14/h10-12,17-18,20H,6-9,13H2,1-5H3. The molecular formula is C19H31NO. The van der Waals surface area contributed by atoms with Crippen molar-refractivity contribution in [2.75, 3.05) is 13.7 Å². The predicted octanol–water partition coefficient (Wildman–Crippen LogP) is 3.76. The Morgan fingerprint density at radius 2 is 1.90 bits per heavy atom. The first-order valence-electron chi connectivity index (χ1n) is 8.35. The third kappa shape index (κ3) is 4.08. The third-order valence-electron chi connectivity index (χ3n) is 4.55. The van der Waals surface area contributed by atoms with Gasteiger partial charge in [-0.25, -0.2) is 0 Å². The molecule has 0 radical (unpaired) electrons. The van der Waals surface area contributed by atoms with Gasteiger partial charge < -0.3 is 10.1 Å². The topological polar surface area (TPSA) is 21.3 Å². The van der Waals surface area contributed by atoms with Crippen molar-refractivity contribution in [1.29, 1.82) is 0 Å². The number of likely N-dealkylation sites (N-methyl/N-ethyl adjacent to an activating group) is 1. The SMILES string of the molecule is CCOC(C(Cc1ccc2c(c1)CCC2)NC)C(C)(C)C. The Morgan fingerprint density at radius 1 is 1.19 bits per heavy atom. The van der Waals surface area contributed by atoms with Crippen LogP contribution in [0.25, 0.3) is 0 Å². The number of hydrogen-bond acceptors (Lipinski definition) is 2. The van der Waals surface area contributed by atoms with Crippen molar-refractivity contribution in [3.05, 3.63) is 34.9 Å². The van der Waals surface area contributed by atoms with Crippen LogP contribution in [-0.4, -0.2) is 25.8 Å². The second-order valence-corrected chi connectivity index (χ2v) is 7.30. The van der Waals surface area contributed by atoms with Crippen LogP contribution in [0.4, 0.5) is 0 Å². The average molecular weight is 289 g/mol. The maximum atomic E-state index is 6.06. The van der Waals surface area contributed by atoms with E-state index in [9.17, 15) is 0 Å². The van der Waals surface area contributed by atoms with Crippen molar-refractivity contribution in [1.82, 2.24) is 5.32 Å². The van der Waals surface area contributed by atoms with Crippen LogP contribution in [-0.2, 0) is 24.0 Å². The second kappa shape index (κ2) is 6.93. The van der Waals surface area contributed by atoms with E-state index in [1.165, 1.54) is 24.8 Å². The van der Waals surface area contributed by atoms with Gasteiger partial charge in [0.1, 0.15) is 0 Å². The highest BCUT2D eigenvalue weighted by Gasteiger charge is 2.32. The van der Waals surface area contributed by atoms with Gasteiger partial charge in [-0.15, -0.1) is 0 Å². The fourth-order valence-corrected chi connectivity index (χ4v) is 3.52. The molecule has 2 rings (SSSR count). The van der Waals surface area contributed by atoms with E-state index in [0.717, 1.165) is 13.0 Å². The summed E-state index contributed by atoms with van der Waals surface area (Å²) >= 11 is 0. The van der Waals surface area contributed by atoms with Gasteiger partial charge in [-0.05, 0) is 61.8 Å². The average Bonchev–Trinajstić information content (AvgIpc) is 2.89. The molecule has 1 aromatic rings. The molecule has 2 atom stereocenters. The van der Waals surface area contributed by atoms with Crippen LogP contribution in [0, 0.1) is 5.41 Å². The van der Waals surface area contributed by atoms with Crippen molar-refractivity contribution in [2.24, 2.45) is 5.41 Å². The molecule has 0 bridgehead atoms. The van der Waals surface area contributed by atoms with Crippen LogP contribution >= 0.6 is 0 Å².